The molecular weight excluding hydrogens is 393 g/mol. The number of alkyl halides is 3. The number of ether oxygens (including phenoxy) is 1. The van der Waals surface area contributed by atoms with Crippen molar-refractivity contribution in [2.45, 2.75) is 23.5 Å². The van der Waals surface area contributed by atoms with Crippen LogP contribution in [0.3, 0.4) is 0 Å². The predicted octanol–water partition coefficient (Wildman–Crippen LogP) is 4.00. The zero-order valence-corrected chi connectivity index (χ0v) is 15.7. The summed E-state index contributed by atoms with van der Waals surface area (Å²) in [5.41, 5.74) is 0.0556. The predicted molar refractivity (Wildman–Crippen MR) is 96.9 cm³/mol. The second-order valence-electron chi connectivity index (χ2n) is 5.71. The van der Waals surface area contributed by atoms with Crippen LogP contribution in [0.2, 0.25) is 0 Å². The smallest absolute Gasteiger partial charge is 0.416 e. The second-order valence-corrected chi connectivity index (χ2v) is 7.02. The van der Waals surface area contributed by atoms with Gasteiger partial charge in [-0.3, -0.25) is 14.3 Å². The van der Waals surface area contributed by atoms with Crippen molar-refractivity contribution in [2.24, 2.45) is 0 Å². The van der Waals surface area contributed by atoms with Crippen molar-refractivity contribution < 1.29 is 22.7 Å². The molecule has 146 valence electrons. The molecule has 10 heteroatoms. The maximum absolute atomic E-state index is 13.2. The number of pyridine rings is 1. The molecule has 0 amide bonds. The molecule has 0 unspecified atom stereocenters. The van der Waals surface area contributed by atoms with Gasteiger partial charge in [0.25, 0.3) is 0 Å². The molecule has 0 N–H and O–H groups in total. The molecule has 2 aromatic heterocycles. The maximum Gasteiger partial charge on any atom is 0.416 e. The molecule has 0 fully saturated rings. The highest BCUT2D eigenvalue weighted by Gasteiger charge is 2.31. The van der Waals surface area contributed by atoms with E-state index in [0.29, 0.717) is 11.4 Å². The molecule has 1 aromatic carbocycles. The standard InChI is InChI=1S/C18H15F3N4O2S/c1-11(16(26)27-2)28-17-24-23-15(12-6-8-22-9-7-12)25(17)14-5-3-4-13(10-14)18(19,20)21/h3-11H,1-2H3/t11-/m1/s1. The summed E-state index contributed by atoms with van der Waals surface area (Å²) < 4.78 is 45.7. The van der Waals surface area contributed by atoms with Gasteiger partial charge in [-0.15, -0.1) is 10.2 Å². The van der Waals surface area contributed by atoms with E-state index in [2.05, 4.69) is 15.2 Å². The van der Waals surface area contributed by atoms with Crippen LogP contribution in [0.4, 0.5) is 13.2 Å². The van der Waals surface area contributed by atoms with Crippen LogP contribution in [0.5, 0.6) is 0 Å². The fraction of sp³-hybridized carbons (Fsp3) is 0.222. The van der Waals surface area contributed by atoms with Gasteiger partial charge < -0.3 is 4.74 Å². The summed E-state index contributed by atoms with van der Waals surface area (Å²) in [6.45, 7) is 1.62. The summed E-state index contributed by atoms with van der Waals surface area (Å²) in [5, 5.41) is 7.85. The van der Waals surface area contributed by atoms with E-state index in [1.807, 2.05) is 0 Å². The monoisotopic (exact) mass is 408 g/mol. The van der Waals surface area contributed by atoms with Gasteiger partial charge in [0.05, 0.1) is 18.4 Å². The van der Waals surface area contributed by atoms with Crippen molar-refractivity contribution in [1.82, 2.24) is 19.7 Å². The first-order valence-electron chi connectivity index (χ1n) is 8.09. The first kappa shape index (κ1) is 19.9. The fourth-order valence-corrected chi connectivity index (χ4v) is 3.35. The zero-order chi connectivity index (χ0) is 20.3. The number of rotatable bonds is 5. The third-order valence-electron chi connectivity index (χ3n) is 3.82. The van der Waals surface area contributed by atoms with E-state index < -0.39 is 23.0 Å². The number of methoxy groups -OCH3 is 1. The molecule has 3 rings (SSSR count). The Morgan fingerprint density at radius 1 is 1.18 bits per heavy atom. The normalized spacial score (nSPS) is 12.6. The molecule has 0 saturated heterocycles. The van der Waals surface area contributed by atoms with Crippen LogP contribution >= 0.6 is 11.8 Å². The largest absolute Gasteiger partial charge is 0.468 e. The molecule has 0 radical (unpaired) electrons. The van der Waals surface area contributed by atoms with E-state index in [1.165, 1.54) is 23.8 Å². The molecule has 0 bridgehead atoms. The van der Waals surface area contributed by atoms with Gasteiger partial charge in [-0.25, -0.2) is 0 Å². The third kappa shape index (κ3) is 4.16. The fourth-order valence-electron chi connectivity index (χ4n) is 2.46. The Morgan fingerprint density at radius 3 is 2.54 bits per heavy atom. The number of nitrogens with zero attached hydrogens (tertiary/aromatic N) is 4. The summed E-state index contributed by atoms with van der Waals surface area (Å²) in [6.07, 6.45) is -1.40. The number of carbonyl (C=O) groups is 1. The van der Waals surface area contributed by atoms with Crippen LogP contribution < -0.4 is 0 Å². The highest BCUT2D eigenvalue weighted by atomic mass is 32.2. The number of hydrogen-bond acceptors (Lipinski definition) is 6. The summed E-state index contributed by atoms with van der Waals surface area (Å²) in [5.74, 6) is -0.143. The lowest BCUT2D eigenvalue weighted by Crippen LogP contribution is -2.15. The van der Waals surface area contributed by atoms with Gasteiger partial charge in [-0.2, -0.15) is 13.2 Å². The minimum Gasteiger partial charge on any atom is -0.468 e. The van der Waals surface area contributed by atoms with Gasteiger partial charge in [0, 0.05) is 18.0 Å². The molecular formula is C18H15F3N4O2S. The number of benzene rings is 1. The van der Waals surface area contributed by atoms with Crippen molar-refractivity contribution in [3.05, 3.63) is 54.4 Å². The lowest BCUT2D eigenvalue weighted by Gasteiger charge is -2.14. The van der Waals surface area contributed by atoms with Crippen LogP contribution in [-0.2, 0) is 15.7 Å². The van der Waals surface area contributed by atoms with Crippen LogP contribution in [0.15, 0.2) is 53.9 Å². The Morgan fingerprint density at radius 2 is 1.89 bits per heavy atom. The van der Waals surface area contributed by atoms with Crippen molar-refractivity contribution in [3.8, 4) is 17.1 Å². The summed E-state index contributed by atoms with van der Waals surface area (Å²) in [7, 11) is 1.26. The van der Waals surface area contributed by atoms with Crippen molar-refractivity contribution in [3.63, 3.8) is 0 Å². The molecule has 6 nitrogen and oxygen atoms in total. The van der Waals surface area contributed by atoms with Crippen LogP contribution in [0.25, 0.3) is 17.1 Å². The zero-order valence-electron chi connectivity index (χ0n) is 14.8. The summed E-state index contributed by atoms with van der Waals surface area (Å²) in [6, 6.07) is 8.19. The molecule has 0 aliphatic carbocycles. The number of halogens is 3. The van der Waals surface area contributed by atoms with Gasteiger partial charge in [0.1, 0.15) is 5.25 Å². The van der Waals surface area contributed by atoms with Gasteiger partial charge >= 0.3 is 12.1 Å². The van der Waals surface area contributed by atoms with E-state index in [4.69, 9.17) is 4.74 Å². The minimum atomic E-state index is -4.49. The number of carbonyl (C=O) groups excluding carboxylic acids is 1. The topological polar surface area (TPSA) is 69.9 Å². The first-order valence-corrected chi connectivity index (χ1v) is 8.97. The summed E-state index contributed by atoms with van der Waals surface area (Å²) >= 11 is 1.04. The SMILES string of the molecule is COC(=O)[C@@H](C)Sc1nnc(-c2ccncc2)n1-c1cccc(C(F)(F)F)c1. The Balaban J connectivity index is 2.14. The molecule has 0 aliphatic heterocycles. The molecule has 0 spiro atoms. The second kappa shape index (κ2) is 8.01. The Hall–Kier alpha value is -2.88. The molecule has 2 heterocycles. The number of thioether (sulfide) groups is 1. The number of hydrogen-bond donors (Lipinski definition) is 0. The van der Waals surface area contributed by atoms with E-state index in [0.717, 1.165) is 23.9 Å². The van der Waals surface area contributed by atoms with Gasteiger partial charge in [0.15, 0.2) is 11.0 Å². The quantitative estimate of drug-likeness (QED) is 0.470. The lowest BCUT2D eigenvalue weighted by molar-refractivity contribution is -0.139. The molecule has 0 saturated carbocycles. The number of aromatic nitrogens is 4. The highest BCUT2D eigenvalue weighted by molar-refractivity contribution is 8.00. The average Bonchev–Trinajstić information content (AvgIpc) is 3.11. The van der Waals surface area contributed by atoms with Crippen LogP contribution in [0, 0.1) is 0 Å². The Labute approximate surface area is 162 Å². The van der Waals surface area contributed by atoms with E-state index in [1.54, 1.807) is 31.5 Å². The average molecular weight is 408 g/mol. The molecule has 28 heavy (non-hydrogen) atoms. The third-order valence-corrected chi connectivity index (χ3v) is 4.84. The van der Waals surface area contributed by atoms with Gasteiger partial charge in [-0.1, -0.05) is 17.8 Å². The minimum absolute atomic E-state index is 0.228. The van der Waals surface area contributed by atoms with E-state index >= 15 is 0 Å². The Kier molecular flexibility index (Phi) is 5.68. The van der Waals surface area contributed by atoms with E-state index in [-0.39, 0.29) is 10.8 Å². The number of esters is 1. The molecule has 3 aromatic rings. The van der Waals surface area contributed by atoms with Crippen molar-refractivity contribution in [2.75, 3.05) is 7.11 Å². The molecule has 0 aliphatic rings. The highest BCUT2D eigenvalue weighted by Crippen LogP contribution is 2.34. The van der Waals surface area contributed by atoms with Gasteiger partial charge in [-0.05, 0) is 37.3 Å². The van der Waals surface area contributed by atoms with Gasteiger partial charge in [0.2, 0.25) is 0 Å². The van der Waals surface area contributed by atoms with E-state index in [9.17, 15) is 18.0 Å². The van der Waals surface area contributed by atoms with Crippen LogP contribution in [-0.4, -0.2) is 38.1 Å². The summed E-state index contributed by atoms with van der Waals surface area (Å²) in [4.78, 5) is 15.7. The van der Waals surface area contributed by atoms with Crippen LogP contribution in [0.1, 0.15) is 12.5 Å². The maximum atomic E-state index is 13.2. The Bertz CT molecular complexity index is 976. The molecule has 1 atom stereocenters. The lowest BCUT2D eigenvalue weighted by atomic mass is 10.2. The first-order chi connectivity index (χ1) is 13.3. The van der Waals surface area contributed by atoms with Crippen molar-refractivity contribution in [1.29, 1.82) is 0 Å². The van der Waals surface area contributed by atoms with Crippen molar-refractivity contribution >= 4 is 17.7 Å².